The van der Waals surface area contributed by atoms with Crippen LogP contribution in [-0.4, -0.2) is 44.9 Å². The van der Waals surface area contributed by atoms with E-state index in [2.05, 4.69) is 31.3 Å². The van der Waals surface area contributed by atoms with Crippen molar-refractivity contribution < 1.29 is 8.78 Å². The Labute approximate surface area is 198 Å². The lowest BCUT2D eigenvalue weighted by Gasteiger charge is -2.31. The van der Waals surface area contributed by atoms with Gasteiger partial charge in [0.15, 0.2) is 5.01 Å². The number of halogens is 2. The maximum atomic E-state index is 16.1. The molecular weight excluding hydrogens is 464 g/mol. The number of alkyl halides is 2. The van der Waals surface area contributed by atoms with Gasteiger partial charge in [0, 0.05) is 16.7 Å². The Bertz CT molecular complexity index is 1250. The Balaban J connectivity index is 1.43. The number of fused-ring (bicyclic) bond motifs is 1. The minimum Gasteiger partial charge on any atom is -0.316 e. The van der Waals surface area contributed by atoms with E-state index in [9.17, 15) is 9.65 Å². The average Bonchev–Trinajstić information content (AvgIpc) is 3.72. The zero-order chi connectivity index (χ0) is 22.7. The second kappa shape index (κ2) is 7.70. The van der Waals surface area contributed by atoms with Gasteiger partial charge in [-0.15, -0.1) is 10.2 Å². The van der Waals surface area contributed by atoms with Crippen molar-refractivity contribution >= 4 is 28.9 Å². The molecule has 0 unspecified atom stereocenters. The molecule has 3 aliphatic rings. The van der Waals surface area contributed by atoms with E-state index < -0.39 is 23.3 Å². The zero-order valence-corrected chi connectivity index (χ0v) is 19.5. The quantitative estimate of drug-likeness (QED) is 0.486. The van der Waals surface area contributed by atoms with Crippen LogP contribution >= 0.6 is 23.3 Å². The second-order valence-electron chi connectivity index (χ2n) is 9.37. The van der Waals surface area contributed by atoms with E-state index in [4.69, 9.17) is 0 Å². The number of aromatic nitrogens is 4. The van der Waals surface area contributed by atoms with Gasteiger partial charge in [-0.3, -0.25) is 9.12 Å². The van der Waals surface area contributed by atoms with E-state index in [1.807, 2.05) is 16.7 Å². The van der Waals surface area contributed by atoms with Gasteiger partial charge in [-0.2, -0.15) is 5.26 Å². The Morgan fingerprint density at radius 1 is 1.21 bits per heavy atom. The molecule has 0 amide bonds. The van der Waals surface area contributed by atoms with E-state index in [1.165, 1.54) is 23.3 Å². The molecule has 4 heterocycles. The molecule has 1 aliphatic heterocycles. The highest BCUT2D eigenvalue weighted by atomic mass is 32.2. The molecule has 2 N–H and O–H groups in total. The normalized spacial score (nSPS) is 22.2. The van der Waals surface area contributed by atoms with Crippen molar-refractivity contribution in [3.63, 3.8) is 0 Å². The molecule has 33 heavy (non-hydrogen) atoms. The van der Waals surface area contributed by atoms with Crippen LogP contribution in [0.3, 0.4) is 0 Å². The van der Waals surface area contributed by atoms with Gasteiger partial charge >= 0.3 is 0 Å². The highest BCUT2D eigenvalue weighted by molar-refractivity contribution is 7.97. The lowest BCUT2D eigenvalue weighted by Crippen LogP contribution is -2.37. The van der Waals surface area contributed by atoms with Crippen LogP contribution < -0.4 is 10.0 Å². The van der Waals surface area contributed by atoms with Gasteiger partial charge < -0.3 is 5.32 Å². The van der Waals surface area contributed by atoms with Gasteiger partial charge in [0.2, 0.25) is 0 Å². The summed E-state index contributed by atoms with van der Waals surface area (Å²) in [5, 5.41) is 22.7. The summed E-state index contributed by atoms with van der Waals surface area (Å²) < 4.78 is 34.7. The molecule has 2 saturated carbocycles. The maximum absolute atomic E-state index is 16.1. The van der Waals surface area contributed by atoms with Crippen molar-refractivity contribution in [1.82, 2.24) is 29.6 Å². The van der Waals surface area contributed by atoms with E-state index in [0.29, 0.717) is 42.1 Å². The van der Waals surface area contributed by atoms with E-state index in [1.54, 1.807) is 6.20 Å². The molecule has 3 aromatic heterocycles. The Morgan fingerprint density at radius 2 is 2.00 bits per heavy atom. The van der Waals surface area contributed by atoms with Crippen LogP contribution in [0.1, 0.15) is 49.1 Å². The number of pyridine rings is 1. The molecule has 0 bridgehead atoms. The Kier molecular flexibility index (Phi) is 4.99. The van der Waals surface area contributed by atoms with Crippen molar-refractivity contribution in [2.45, 2.75) is 60.0 Å². The van der Waals surface area contributed by atoms with Crippen LogP contribution in [0.5, 0.6) is 0 Å². The van der Waals surface area contributed by atoms with Crippen molar-refractivity contribution in [2.75, 3.05) is 19.8 Å². The fraction of sp³-hybridized carbons (Fsp3) is 0.545. The Morgan fingerprint density at radius 3 is 2.67 bits per heavy atom. The summed E-state index contributed by atoms with van der Waals surface area (Å²) >= 11 is 2.74. The van der Waals surface area contributed by atoms with Gasteiger partial charge in [-0.05, 0) is 69.6 Å². The molecule has 3 fully saturated rings. The second-order valence-corrected chi connectivity index (χ2v) is 11.2. The highest BCUT2D eigenvalue weighted by Gasteiger charge is 2.48. The minimum absolute atomic E-state index is 0.370. The fourth-order valence-electron chi connectivity index (χ4n) is 4.30. The molecule has 2 aliphatic carbocycles. The summed E-state index contributed by atoms with van der Waals surface area (Å²) in [5.74, 6) is 0. The van der Waals surface area contributed by atoms with E-state index >= 15 is 4.39 Å². The number of hydrogen-bond donors (Lipinski definition) is 2. The molecule has 0 atom stereocenters. The SMILES string of the molecule is N#CC1(c2nnc(-c3cnc4c(C5(F)CCNCC5)cc(SNC5(CF)CC5)cn34)s2)CC1. The molecule has 7 nitrogen and oxygen atoms in total. The topological polar surface area (TPSA) is 90.9 Å². The maximum Gasteiger partial charge on any atom is 0.166 e. The first-order chi connectivity index (χ1) is 16.0. The molecule has 0 radical (unpaired) electrons. The molecule has 172 valence electrons. The third-order valence-electron chi connectivity index (χ3n) is 6.97. The van der Waals surface area contributed by atoms with Crippen LogP contribution in [0.4, 0.5) is 8.78 Å². The highest BCUT2D eigenvalue weighted by Crippen LogP contribution is 2.49. The van der Waals surface area contributed by atoms with Crippen molar-refractivity contribution in [1.29, 1.82) is 5.26 Å². The third kappa shape index (κ3) is 3.64. The molecule has 0 aromatic carbocycles. The number of nitriles is 1. The van der Waals surface area contributed by atoms with Crippen molar-refractivity contribution in [3.05, 3.63) is 29.0 Å². The van der Waals surface area contributed by atoms with Crippen molar-refractivity contribution in [3.8, 4) is 16.8 Å². The lowest BCUT2D eigenvalue weighted by molar-refractivity contribution is 0.116. The van der Waals surface area contributed by atoms with Crippen molar-refractivity contribution in [2.24, 2.45) is 0 Å². The molecular formula is C22H23F2N7S2. The summed E-state index contributed by atoms with van der Waals surface area (Å²) in [6.45, 7) is 0.790. The molecule has 6 rings (SSSR count). The van der Waals surface area contributed by atoms with Gasteiger partial charge in [0.1, 0.15) is 34.1 Å². The van der Waals surface area contributed by atoms with Crippen LogP contribution in [0.2, 0.25) is 0 Å². The number of rotatable bonds is 7. The minimum atomic E-state index is -1.49. The molecule has 1 saturated heterocycles. The van der Waals surface area contributed by atoms with Gasteiger partial charge in [-0.25, -0.2) is 13.8 Å². The van der Waals surface area contributed by atoms with E-state index in [-0.39, 0.29) is 0 Å². The fourth-order valence-corrected chi connectivity index (χ4v) is 6.27. The lowest BCUT2D eigenvalue weighted by atomic mass is 9.87. The average molecular weight is 488 g/mol. The standard InChI is InChI=1S/C22H23F2N7S2/c23-12-21(3-4-21)30-33-14-9-15(22(24)5-7-26-8-6-22)17-27-10-16(31(17)11-14)18-28-29-19(32-18)20(13-25)1-2-20/h9-11,26,30H,1-8,12H2. The smallest absolute Gasteiger partial charge is 0.166 e. The van der Waals surface area contributed by atoms with Gasteiger partial charge in [-0.1, -0.05) is 11.3 Å². The number of nitrogens with zero attached hydrogens (tertiary/aromatic N) is 5. The van der Waals surface area contributed by atoms with E-state index in [0.717, 1.165) is 41.3 Å². The predicted molar refractivity (Wildman–Crippen MR) is 122 cm³/mol. The largest absolute Gasteiger partial charge is 0.316 e. The summed E-state index contributed by atoms with van der Waals surface area (Å²) in [5.41, 5.74) is -0.639. The number of imidazole rings is 1. The number of piperidine rings is 1. The summed E-state index contributed by atoms with van der Waals surface area (Å²) in [7, 11) is 0. The summed E-state index contributed by atoms with van der Waals surface area (Å²) in [6.07, 6.45) is 7.54. The first-order valence-electron chi connectivity index (χ1n) is 11.2. The molecule has 11 heteroatoms. The Hall–Kier alpha value is -2.13. The van der Waals surface area contributed by atoms with Gasteiger partial charge in [0.05, 0.1) is 17.8 Å². The van der Waals surface area contributed by atoms with Crippen LogP contribution in [-0.2, 0) is 11.1 Å². The zero-order valence-electron chi connectivity index (χ0n) is 17.9. The summed E-state index contributed by atoms with van der Waals surface area (Å²) in [6, 6.07) is 4.21. The first kappa shape index (κ1) is 21.4. The third-order valence-corrected chi connectivity index (χ3v) is 9.12. The first-order valence-corrected chi connectivity index (χ1v) is 12.8. The number of nitrogens with one attached hydrogen (secondary N) is 2. The number of hydrogen-bond acceptors (Lipinski definition) is 8. The van der Waals surface area contributed by atoms with Crippen LogP contribution in [0, 0.1) is 11.3 Å². The molecule has 0 spiro atoms. The monoisotopic (exact) mass is 487 g/mol. The molecule has 3 aromatic rings. The summed E-state index contributed by atoms with van der Waals surface area (Å²) in [4.78, 5) is 5.39. The van der Waals surface area contributed by atoms with Crippen LogP contribution in [0.25, 0.3) is 16.3 Å². The predicted octanol–water partition coefficient (Wildman–Crippen LogP) is 4.05. The van der Waals surface area contributed by atoms with Gasteiger partial charge in [0.25, 0.3) is 0 Å². The van der Waals surface area contributed by atoms with Crippen LogP contribution in [0.15, 0.2) is 23.4 Å².